The lowest BCUT2D eigenvalue weighted by Gasteiger charge is -2.19. The maximum atomic E-state index is 6.01. The second-order valence-corrected chi connectivity index (χ2v) is 4.64. The summed E-state index contributed by atoms with van der Waals surface area (Å²) in [5.41, 5.74) is 1.02. The van der Waals surface area contributed by atoms with Gasteiger partial charge in [-0.3, -0.25) is 0 Å². The third kappa shape index (κ3) is 3.63. The number of hydrogen-bond donors (Lipinski definition) is 0. The molecule has 0 fully saturated rings. The first-order valence-electron chi connectivity index (χ1n) is 5.85. The molecule has 0 radical (unpaired) electrons. The van der Waals surface area contributed by atoms with Gasteiger partial charge in [-0.05, 0) is 32.3 Å². The highest BCUT2D eigenvalue weighted by Crippen LogP contribution is 2.16. The Morgan fingerprint density at radius 3 is 2.38 bits per heavy atom. The van der Waals surface area contributed by atoms with E-state index in [0.29, 0.717) is 11.1 Å². The van der Waals surface area contributed by atoms with Crippen LogP contribution in [-0.4, -0.2) is 23.1 Å². The molecular formula is C12H20ClN3. The van der Waals surface area contributed by atoms with Crippen molar-refractivity contribution in [3.05, 3.63) is 16.9 Å². The Morgan fingerprint density at radius 1 is 1.25 bits per heavy atom. The third-order valence-corrected chi connectivity index (χ3v) is 2.59. The van der Waals surface area contributed by atoms with Gasteiger partial charge in [-0.1, -0.05) is 25.4 Å². The van der Waals surface area contributed by atoms with E-state index in [1.54, 1.807) is 0 Å². The van der Waals surface area contributed by atoms with Gasteiger partial charge in [-0.15, -0.1) is 0 Å². The van der Waals surface area contributed by atoms with Gasteiger partial charge >= 0.3 is 0 Å². The van der Waals surface area contributed by atoms with Crippen molar-refractivity contribution in [2.24, 2.45) is 5.92 Å². The molecule has 1 heterocycles. The van der Waals surface area contributed by atoms with Crippen molar-refractivity contribution in [2.75, 3.05) is 18.0 Å². The summed E-state index contributed by atoms with van der Waals surface area (Å²) in [6.07, 6.45) is 0.941. The van der Waals surface area contributed by atoms with Crippen molar-refractivity contribution in [3.63, 3.8) is 0 Å². The minimum absolute atomic E-state index is 0.535. The molecule has 0 N–H and O–H groups in total. The molecular weight excluding hydrogens is 222 g/mol. The zero-order chi connectivity index (χ0) is 12.1. The van der Waals surface area contributed by atoms with E-state index in [1.807, 2.05) is 6.07 Å². The molecule has 0 aliphatic carbocycles. The Balaban J connectivity index is 2.97. The lowest BCUT2D eigenvalue weighted by molar-refractivity contribution is 0.632. The lowest BCUT2D eigenvalue weighted by Crippen LogP contribution is -2.24. The van der Waals surface area contributed by atoms with E-state index in [-0.39, 0.29) is 0 Å². The van der Waals surface area contributed by atoms with Gasteiger partial charge in [-0.25, -0.2) is 9.97 Å². The van der Waals surface area contributed by atoms with Crippen LogP contribution in [0, 0.1) is 5.92 Å². The number of aromatic nitrogens is 2. The minimum Gasteiger partial charge on any atom is -0.341 e. The van der Waals surface area contributed by atoms with E-state index in [0.717, 1.165) is 31.2 Å². The summed E-state index contributed by atoms with van der Waals surface area (Å²) in [6.45, 7) is 10.3. The summed E-state index contributed by atoms with van der Waals surface area (Å²) in [6, 6.07) is 1.86. The highest BCUT2D eigenvalue weighted by Gasteiger charge is 2.09. The molecule has 4 heteroatoms. The standard InChI is InChI=1S/C12H20ClN3/c1-5-16(6-2)12-14-10(7-9(3)4)8-11(13)15-12/h8-9H,5-7H2,1-4H3. The molecule has 1 aromatic heterocycles. The van der Waals surface area contributed by atoms with Gasteiger partial charge in [0.05, 0.1) is 0 Å². The molecule has 0 unspecified atom stereocenters. The number of nitrogens with zero attached hydrogens (tertiary/aromatic N) is 3. The molecule has 0 saturated heterocycles. The number of halogens is 1. The Labute approximate surface area is 103 Å². The van der Waals surface area contributed by atoms with Gasteiger partial charge in [0.25, 0.3) is 0 Å². The fraction of sp³-hybridized carbons (Fsp3) is 0.667. The number of hydrogen-bond acceptors (Lipinski definition) is 3. The van der Waals surface area contributed by atoms with Gasteiger partial charge in [0, 0.05) is 18.8 Å². The molecule has 0 amide bonds. The molecule has 90 valence electrons. The van der Waals surface area contributed by atoms with Crippen molar-refractivity contribution in [1.82, 2.24) is 9.97 Å². The van der Waals surface area contributed by atoms with E-state index < -0.39 is 0 Å². The molecule has 0 bridgehead atoms. The first-order chi connectivity index (χ1) is 7.56. The quantitative estimate of drug-likeness (QED) is 0.742. The van der Waals surface area contributed by atoms with Crippen LogP contribution in [0.5, 0.6) is 0 Å². The van der Waals surface area contributed by atoms with Crippen LogP contribution in [0.2, 0.25) is 5.15 Å². The van der Waals surface area contributed by atoms with Crippen LogP contribution in [0.15, 0.2) is 6.07 Å². The van der Waals surface area contributed by atoms with Gasteiger partial charge in [0.15, 0.2) is 0 Å². The predicted octanol–water partition coefficient (Wildman–Crippen LogP) is 3.17. The van der Waals surface area contributed by atoms with E-state index in [9.17, 15) is 0 Å². The average Bonchev–Trinajstić information content (AvgIpc) is 2.17. The number of rotatable bonds is 5. The number of anilines is 1. The maximum absolute atomic E-state index is 6.01. The smallest absolute Gasteiger partial charge is 0.226 e. The summed E-state index contributed by atoms with van der Waals surface area (Å²) < 4.78 is 0. The van der Waals surface area contributed by atoms with Crippen molar-refractivity contribution < 1.29 is 0 Å². The van der Waals surface area contributed by atoms with Crippen LogP contribution in [0.1, 0.15) is 33.4 Å². The molecule has 0 aliphatic heterocycles. The molecule has 1 aromatic rings. The Morgan fingerprint density at radius 2 is 1.88 bits per heavy atom. The third-order valence-electron chi connectivity index (χ3n) is 2.40. The normalized spacial score (nSPS) is 10.9. The second kappa shape index (κ2) is 6.04. The second-order valence-electron chi connectivity index (χ2n) is 4.25. The van der Waals surface area contributed by atoms with Crippen LogP contribution in [0.3, 0.4) is 0 Å². The topological polar surface area (TPSA) is 29.0 Å². The van der Waals surface area contributed by atoms with Crippen LogP contribution in [-0.2, 0) is 6.42 Å². The molecule has 1 rings (SSSR count). The Hall–Kier alpha value is -0.830. The van der Waals surface area contributed by atoms with Crippen molar-refractivity contribution >= 4 is 17.5 Å². The molecule has 16 heavy (non-hydrogen) atoms. The van der Waals surface area contributed by atoms with Gasteiger partial charge in [0.2, 0.25) is 5.95 Å². The molecule has 3 nitrogen and oxygen atoms in total. The summed E-state index contributed by atoms with van der Waals surface area (Å²) >= 11 is 6.01. The van der Waals surface area contributed by atoms with E-state index >= 15 is 0 Å². The summed E-state index contributed by atoms with van der Waals surface area (Å²) in [7, 11) is 0. The van der Waals surface area contributed by atoms with Gasteiger partial charge in [-0.2, -0.15) is 0 Å². The zero-order valence-corrected chi connectivity index (χ0v) is 11.3. The molecule has 0 aromatic carbocycles. The molecule has 0 spiro atoms. The molecule has 0 saturated carbocycles. The molecule has 0 aliphatic rings. The minimum atomic E-state index is 0.535. The van der Waals surface area contributed by atoms with E-state index in [1.165, 1.54) is 0 Å². The summed E-state index contributed by atoms with van der Waals surface area (Å²) in [5.74, 6) is 1.32. The highest BCUT2D eigenvalue weighted by atomic mass is 35.5. The average molecular weight is 242 g/mol. The monoisotopic (exact) mass is 241 g/mol. The fourth-order valence-electron chi connectivity index (χ4n) is 1.62. The largest absolute Gasteiger partial charge is 0.341 e. The lowest BCUT2D eigenvalue weighted by atomic mass is 10.1. The Kier molecular flexibility index (Phi) is 5.00. The van der Waals surface area contributed by atoms with Crippen molar-refractivity contribution in [1.29, 1.82) is 0 Å². The Bertz CT molecular complexity index is 335. The zero-order valence-electron chi connectivity index (χ0n) is 10.5. The first-order valence-corrected chi connectivity index (χ1v) is 6.23. The van der Waals surface area contributed by atoms with Crippen molar-refractivity contribution in [3.8, 4) is 0 Å². The summed E-state index contributed by atoms with van der Waals surface area (Å²) in [4.78, 5) is 10.9. The predicted molar refractivity (Wildman–Crippen MR) is 69.1 cm³/mol. The van der Waals surface area contributed by atoms with Crippen LogP contribution in [0.4, 0.5) is 5.95 Å². The maximum Gasteiger partial charge on any atom is 0.226 e. The van der Waals surface area contributed by atoms with Crippen LogP contribution < -0.4 is 4.90 Å². The fourth-order valence-corrected chi connectivity index (χ4v) is 1.82. The van der Waals surface area contributed by atoms with E-state index in [2.05, 4.69) is 42.6 Å². The van der Waals surface area contributed by atoms with Crippen LogP contribution >= 0.6 is 11.6 Å². The van der Waals surface area contributed by atoms with E-state index in [4.69, 9.17) is 11.6 Å². The van der Waals surface area contributed by atoms with Crippen LogP contribution in [0.25, 0.3) is 0 Å². The molecule has 0 atom stereocenters. The van der Waals surface area contributed by atoms with Crippen molar-refractivity contribution in [2.45, 2.75) is 34.1 Å². The summed E-state index contributed by atoms with van der Waals surface area (Å²) in [5, 5.41) is 0.535. The first kappa shape index (κ1) is 13.2. The SMILES string of the molecule is CCN(CC)c1nc(Cl)cc(CC(C)C)n1. The van der Waals surface area contributed by atoms with Gasteiger partial charge in [0.1, 0.15) is 5.15 Å². The highest BCUT2D eigenvalue weighted by molar-refractivity contribution is 6.29. The van der Waals surface area contributed by atoms with Gasteiger partial charge < -0.3 is 4.90 Å².